The minimum atomic E-state index is 0.438. The summed E-state index contributed by atoms with van der Waals surface area (Å²) in [5.74, 6) is 1.24. The first-order valence-corrected chi connectivity index (χ1v) is 6.10. The van der Waals surface area contributed by atoms with Gasteiger partial charge in [-0.2, -0.15) is 0 Å². The van der Waals surface area contributed by atoms with E-state index in [4.69, 9.17) is 22.1 Å². The number of nitrogens with two attached hydrogens (primary N) is 1. The lowest BCUT2D eigenvalue weighted by molar-refractivity contribution is 0.304. The third-order valence-electron chi connectivity index (χ3n) is 2.14. The molecule has 2 aromatic rings. The van der Waals surface area contributed by atoms with E-state index in [-0.39, 0.29) is 0 Å². The quantitative estimate of drug-likeness (QED) is 0.940. The normalized spacial score (nSPS) is 10.2. The molecule has 0 atom stereocenters. The second-order valence-corrected chi connectivity index (χ2v) is 4.75. The summed E-state index contributed by atoms with van der Waals surface area (Å²) < 4.78 is 6.46. The summed E-state index contributed by atoms with van der Waals surface area (Å²) in [7, 11) is 0. The molecule has 1 heterocycles. The standard InChI is InChI=1S/C12H10BrClN2O/c13-10-5-9(14)2-3-11(10)17-7-8-1-4-12(15)16-6-8/h1-6H,7H2,(H2,15,16). The van der Waals surface area contributed by atoms with Crippen LogP contribution in [0.25, 0.3) is 0 Å². The number of hydrogen-bond donors (Lipinski definition) is 1. The van der Waals surface area contributed by atoms with E-state index < -0.39 is 0 Å². The molecule has 0 aliphatic heterocycles. The molecule has 2 rings (SSSR count). The molecular formula is C12H10BrClN2O. The van der Waals surface area contributed by atoms with Gasteiger partial charge in [0.1, 0.15) is 18.2 Å². The highest BCUT2D eigenvalue weighted by atomic mass is 79.9. The largest absolute Gasteiger partial charge is 0.488 e. The Labute approximate surface area is 113 Å². The smallest absolute Gasteiger partial charge is 0.134 e. The summed E-state index contributed by atoms with van der Waals surface area (Å²) in [4.78, 5) is 3.99. The van der Waals surface area contributed by atoms with Crippen molar-refractivity contribution in [2.45, 2.75) is 6.61 Å². The highest BCUT2D eigenvalue weighted by Gasteiger charge is 2.02. The topological polar surface area (TPSA) is 48.1 Å². The number of aromatic nitrogens is 1. The molecule has 88 valence electrons. The minimum Gasteiger partial charge on any atom is -0.488 e. The summed E-state index contributed by atoms with van der Waals surface area (Å²) in [5, 5.41) is 0.665. The molecule has 0 spiro atoms. The average Bonchev–Trinajstić information content (AvgIpc) is 2.30. The number of nitrogens with zero attached hydrogens (tertiary/aromatic N) is 1. The van der Waals surface area contributed by atoms with Gasteiger partial charge >= 0.3 is 0 Å². The van der Waals surface area contributed by atoms with Crippen molar-refractivity contribution in [3.8, 4) is 5.75 Å². The third kappa shape index (κ3) is 3.35. The van der Waals surface area contributed by atoms with Crippen LogP contribution in [0.5, 0.6) is 5.75 Å². The lowest BCUT2D eigenvalue weighted by Crippen LogP contribution is -1.98. The van der Waals surface area contributed by atoms with Gasteiger partial charge in [0.15, 0.2) is 0 Å². The fourth-order valence-corrected chi connectivity index (χ4v) is 2.07. The van der Waals surface area contributed by atoms with Crippen molar-refractivity contribution in [2.24, 2.45) is 0 Å². The first kappa shape index (κ1) is 12.2. The Morgan fingerprint density at radius 3 is 2.76 bits per heavy atom. The average molecular weight is 314 g/mol. The third-order valence-corrected chi connectivity index (χ3v) is 2.99. The van der Waals surface area contributed by atoms with Crippen molar-refractivity contribution in [3.63, 3.8) is 0 Å². The number of hydrogen-bond acceptors (Lipinski definition) is 3. The SMILES string of the molecule is Nc1ccc(COc2ccc(Cl)cc2Br)cn1. The van der Waals surface area contributed by atoms with Crippen LogP contribution >= 0.6 is 27.5 Å². The predicted molar refractivity (Wildman–Crippen MR) is 72.1 cm³/mol. The zero-order valence-corrected chi connectivity index (χ0v) is 11.2. The van der Waals surface area contributed by atoms with Gasteiger partial charge < -0.3 is 10.5 Å². The molecule has 0 unspecified atom stereocenters. The van der Waals surface area contributed by atoms with Crippen molar-refractivity contribution in [2.75, 3.05) is 5.73 Å². The van der Waals surface area contributed by atoms with Gasteiger partial charge in [0.2, 0.25) is 0 Å². The molecule has 1 aromatic heterocycles. The first-order chi connectivity index (χ1) is 8.15. The van der Waals surface area contributed by atoms with E-state index in [0.29, 0.717) is 17.4 Å². The lowest BCUT2D eigenvalue weighted by atomic mass is 10.3. The number of rotatable bonds is 3. The van der Waals surface area contributed by atoms with E-state index in [9.17, 15) is 0 Å². The van der Waals surface area contributed by atoms with Crippen LogP contribution in [0.4, 0.5) is 5.82 Å². The zero-order valence-electron chi connectivity index (χ0n) is 8.86. The Hall–Kier alpha value is -1.26. The van der Waals surface area contributed by atoms with Crippen molar-refractivity contribution in [1.82, 2.24) is 4.98 Å². The van der Waals surface area contributed by atoms with Crippen LogP contribution in [0.3, 0.4) is 0 Å². The highest BCUT2D eigenvalue weighted by Crippen LogP contribution is 2.28. The van der Waals surface area contributed by atoms with Crippen molar-refractivity contribution in [3.05, 3.63) is 51.6 Å². The number of halogens is 2. The molecule has 5 heteroatoms. The van der Waals surface area contributed by atoms with Gasteiger partial charge in [0.25, 0.3) is 0 Å². The number of ether oxygens (including phenoxy) is 1. The number of benzene rings is 1. The second kappa shape index (κ2) is 5.38. The molecule has 0 amide bonds. The van der Waals surface area contributed by atoms with Gasteiger partial charge in [0.05, 0.1) is 4.47 Å². The van der Waals surface area contributed by atoms with Crippen LogP contribution in [0.2, 0.25) is 5.02 Å². The summed E-state index contributed by atoms with van der Waals surface area (Å²) in [6.07, 6.45) is 1.69. The Kier molecular flexibility index (Phi) is 3.86. The highest BCUT2D eigenvalue weighted by molar-refractivity contribution is 9.10. The van der Waals surface area contributed by atoms with Crippen LogP contribution < -0.4 is 10.5 Å². The molecule has 0 fully saturated rings. The van der Waals surface area contributed by atoms with Gasteiger partial charge in [-0.25, -0.2) is 4.98 Å². The Balaban J connectivity index is 2.04. The Morgan fingerprint density at radius 2 is 2.12 bits per heavy atom. The Bertz CT molecular complexity index is 516. The first-order valence-electron chi connectivity index (χ1n) is 4.93. The van der Waals surface area contributed by atoms with Crippen molar-refractivity contribution < 1.29 is 4.74 Å². The van der Waals surface area contributed by atoms with Crippen LogP contribution in [-0.2, 0) is 6.61 Å². The van der Waals surface area contributed by atoms with E-state index in [1.165, 1.54) is 0 Å². The molecule has 0 saturated carbocycles. The molecule has 0 bridgehead atoms. The van der Waals surface area contributed by atoms with Gasteiger partial charge in [-0.05, 0) is 40.2 Å². The molecule has 3 nitrogen and oxygen atoms in total. The molecule has 17 heavy (non-hydrogen) atoms. The van der Waals surface area contributed by atoms with Gasteiger partial charge in [-0.15, -0.1) is 0 Å². The predicted octanol–water partition coefficient (Wildman–Crippen LogP) is 3.66. The van der Waals surface area contributed by atoms with Gasteiger partial charge in [-0.1, -0.05) is 17.7 Å². The van der Waals surface area contributed by atoms with E-state index in [1.54, 1.807) is 24.4 Å². The number of pyridine rings is 1. The summed E-state index contributed by atoms with van der Waals surface area (Å²) in [6.45, 7) is 0.438. The fraction of sp³-hybridized carbons (Fsp3) is 0.0833. The maximum absolute atomic E-state index is 5.84. The monoisotopic (exact) mass is 312 g/mol. The number of anilines is 1. The lowest BCUT2D eigenvalue weighted by Gasteiger charge is -2.08. The number of nitrogen functional groups attached to an aromatic ring is 1. The zero-order chi connectivity index (χ0) is 12.3. The van der Waals surface area contributed by atoms with Crippen molar-refractivity contribution in [1.29, 1.82) is 0 Å². The van der Waals surface area contributed by atoms with E-state index in [1.807, 2.05) is 12.1 Å². The molecule has 1 aromatic carbocycles. The van der Waals surface area contributed by atoms with Crippen LogP contribution in [0.1, 0.15) is 5.56 Å². The van der Waals surface area contributed by atoms with Gasteiger partial charge in [-0.3, -0.25) is 0 Å². The maximum Gasteiger partial charge on any atom is 0.134 e. The van der Waals surface area contributed by atoms with E-state index in [0.717, 1.165) is 15.8 Å². The summed E-state index contributed by atoms with van der Waals surface area (Å²) >= 11 is 9.23. The van der Waals surface area contributed by atoms with Crippen molar-refractivity contribution >= 4 is 33.3 Å². The maximum atomic E-state index is 5.84. The Morgan fingerprint density at radius 1 is 1.29 bits per heavy atom. The van der Waals surface area contributed by atoms with Gasteiger partial charge in [0, 0.05) is 16.8 Å². The summed E-state index contributed by atoms with van der Waals surface area (Å²) in [6, 6.07) is 9.01. The van der Waals surface area contributed by atoms with Crippen LogP contribution in [0, 0.1) is 0 Å². The van der Waals surface area contributed by atoms with Crippen LogP contribution in [-0.4, -0.2) is 4.98 Å². The molecule has 0 radical (unpaired) electrons. The molecular weight excluding hydrogens is 304 g/mol. The fourth-order valence-electron chi connectivity index (χ4n) is 1.27. The van der Waals surface area contributed by atoms with Crippen LogP contribution in [0.15, 0.2) is 41.0 Å². The molecule has 0 saturated heterocycles. The van der Waals surface area contributed by atoms with E-state index in [2.05, 4.69) is 20.9 Å². The van der Waals surface area contributed by atoms with E-state index >= 15 is 0 Å². The summed E-state index contributed by atoms with van der Waals surface area (Å²) in [5.41, 5.74) is 6.46. The minimum absolute atomic E-state index is 0.438. The second-order valence-electron chi connectivity index (χ2n) is 3.45. The molecule has 2 N–H and O–H groups in total. The molecule has 0 aliphatic rings. The molecule has 0 aliphatic carbocycles.